The number of fused-ring (bicyclic) bond motifs is 3. The summed E-state index contributed by atoms with van der Waals surface area (Å²) in [5.74, 6) is 0.942. The van der Waals surface area contributed by atoms with E-state index in [1.165, 1.54) is 0 Å². The van der Waals surface area contributed by atoms with Crippen molar-refractivity contribution in [1.82, 2.24) is 29.5 Å². The first-order chi connectivity index (χ1) is 16.6. The Morgan fingerprint density at radius 3 is 2.63 bits per heavy atom. The van der Waals surface area contributed by atoms with Gasteiger partial charge in [0.15, 0.2) is 0 Å². The van der Waals surface area contributed by atoms with Gasteiger partial charge in [0.25, 0.3) is 0 Å². The van der Waals surface area contributed by atoms with E-state index >= 15 is 0 Å². The quantitative estimate of drug-likeness (QED) is 0.461. The molecule has 1 saturated heterocycles. The topological polar surface area (TPSA) is 99.8 Å². The number of carbonyl (C=O) groups excluding carboxylic acids is 1. The minimum atomic E-state index is -0.510. The second kappa shape index (κ2) is 8.71. The van der Waals surface area contributed by atoms with Gasteiger partial charge in [-0.1, -0.05) is 26.0 Å². The highest BCUT2D eigenvalue weighted by Gasteiger charge is 2.27. The van der Waals surface area contributed by atoms with Crippen LogP contribution in [0.15, 0.2) is 24.4 Å². The third-order valence-corrected chi connectivity index (χ3v) is 7.03. The van der Waals surface area contributed by atoms with Crippen LogP contribution in [0.4, 0.5) is 5.82 Å². The molecule has 5 rings (SSSR count). The SMILES string of the molecule is Cc1nnn(C)c1-c1cnc2c3ccc(NC(=O)C(C)(C)C)nc3n([C@H](C)C3CCOCC3)c2c1. The molecular formula is C26H33N7O2. The summed E-state index contributed by atoms with van der Waals surface area (Å²) in [5, 5.41) is 12.3. The number of pyridine rings is 2. The van der Waals surface area contributed by atoms with Crippen LogP contribution in [-0.4, -0.2) is 48.6 Å². The lowest BCUT2D eigenvalue weighted by Crippen LogP contribution is -2.28. The first-order valence-electron chi connectivity index (χ1n) is 12.2. The van der Waals surface area contributed by atoms with Gasteiger partial charge in [-0.15, -0.1) is 5.10 Å². The third-order valence-electron chi connectivity index (χ3n) is 7.03. The number of hydrogen-bond donors (Lipinski definition) is 1. The van der Waals surface area contributed by atoms with Gasteiger partial charge in [-0.25, -0.2) is 9.67 Å². The molecule has 184 valence electrons. The summed E-state index contributed by atoms with van der Waals surface area (Å²) in [6.07, 6.45) is 3.88. The number of nitrogens with one attached hydrogen (secondary N) is 1. The molecular weight excluding hydrogens is 442 g/mol. The van der Waals surface area contributed by atoms with Crippen LogP contribution in [-0.2, 0) is 16.6 Å². The minimum Gasteiger partial charge on any atom is -0.381 e. The maximum absolute atomic E-state index is 12.6. The fraction of sp³-hybridized carbons (Fsp3) is 0.500. The summed E-state index contributed by atoms with van der Waals surface area (Å²) >= 11 is 0. The number of rotatable bonds is 4. The Bertz CT molecular complexity index is 1390. The first-order valence-corrected chi connectivity index (χ1v) is 12.2. The third kappa shape index (κ3) is 4.18. The molecule has 1 atom stereocenters. The molecule has 4 aromatic rings. The van der Waals surface area contributed by atoms with Crippen LogP contribution in [0.5, 0.6) is 0 Å². The second-order valence-electron chi connectivity index (χ2n) is 10.6. The molecule has 0 radical (unpaired) electrons. The molecule has 0 spiro atoms. The lowest BCUT2D eigenvalue weighted by molar-refractivity contribution is -0.123. The Labute approximate surface area is 204 Å². The van der Waals surface area contributed by atoms with Crippen molar-refractivity contribution < 1.29 is 9.53 Å². The molecule has 1 amide bonds. The summed E-state index contributed by atoms with van der Waals surface area (Å²) in [6, 6.07) is 6.22. The van der Waals surface area contributed by atoms with Crippen LogP contribution in [0.2, 0.25) is 0 Å². The van der Waals surface area contributed by atoms with Crippen LogP contribution in [0.25, 0.3) is 33.3 Å². The lowest BCUT2D eigenvalue weighted by Gasteiger charge is -2.29. The number of hydrogen-bond acceptors (Lipinski definition) is 6. The monoisotopic (exact) mass is 475 g/mol. The summed E-state index contributed by atoms with van der Waals surface area (Å²) in [7, 11) is 1.89. The van der Waals surface area contributed by atoms with E-state index in [4.69, 9.17) is 14.7 Å². The predicted octanol–water partition coefficient (Wildman–Crippen LogP) is 4.66. The standard InChI is InChI=1S/C26H33N7O2/c1-15-23(32(6)31-30-15)18-13-20-22(27-14-18)19-7-8-21(29-25(34)26(3,4)5)28-24(19)33(20)16(2)17-9-11-35-12-10-17/h7-8,13-14,16-17H,9-12H2,1-6H3,(H,28,29,34)/t16-/m1/s1. The Morgan fingerprint density at radius 2 is 1.97 bits per heavy atom. The van der Waals surface area contributed by atoms with Gasteiger partial charge < -0.3 is 14.6 Å². The van der Waals surface area contributed by atoms with Crippen LogP contribution in [0.1, 0.15) is 52.3 Å². The van der Waals surface area contributed by atoms with E-state index in [0.717, 1.165) is 65.1 Å². The van der Waals surface area contributed by atoms with Crippen molar-refractivity contribution in [1.29, 1.82) is 0 Å². The average molecular weight is 476 g/mol. The van der Waals surface area contributed by atoms with Crippen LogP contribution in [0.3, 0.4) is 0 Å². The maximum atomic E-state index is 12.6. The van der Waals surface area contributed by atoms with Crippen molar-refractivity contribution in [2.75, 3.05) is 18.5 Å². The molecule has 35 heavy (non-hydrogen) atoms. The molecule has 0 aliphatic carbocycles. The van der Waals surface area contributed by atoms with Gasteiger partial charge in [0, 0.05) is 48.9 Å². The van der Waals surface area contributed by atoms with Crippen molar-refractivity contribution in [3.05, 3.63) is 30.1 Å². The van der Waals surface area contributed by atoms with Gasteiger partial charge >= 0.3 is 0 Å². The zero-order valence-corrected chi connectivity index (χ0v) is 21.3. The van der Waals surface area contributed by atoms with Gasteiger partial charge in [-0.3, -0.25) is 9.78 Å². The molecule has 1 fully saturated rings. The number of aryl methyl sites for hydroxylation is 2. The van der Waals surface area contributed by atoms with E-state index in [0.29, 0.717) is 11.7 Å². The van der Waals surface area contributed by atoms with Crippen LogP contribution < -0.4 is 5.32 Å². The van der Waals surface area contributed by atoms with Crippen molar-refractivity contribution in [2.45, 2.75) is 53.5 Å². The molecule has 1 N–H and O–H groups in total. The normalized spacial score (nSPS) is 16.2. The molecule has 4 aromatic heterocycles. The van der Waals surface area contributed by atoms with E-state index in [1.54, 1.807) is 4.68 Å². The van der Waals surface area contributed by atoms with Gasteiger partial charge in [-0.2, -0.15) is 0 Å². The molecule has 9 nitrogen and oxygen atoms in total. The largest absolute Gasteiger partial charge is 0.381 e. The van der Waals surface area contributed by atoms with Gasteiger partial charge in [0.1, 0.15) is 11.5 Å². The van der Waals surface area contributed by atoms with Gasteiger partial charge in [0.2, 0.25) is 5.91 Å². The Morgan fingerprint density at radius 1 is 1.23 bits per heavy atom. The lowest BCUT2D eigenvalue weighted by atomic mass is 9.92. The van der Waals surface area contributed by atoms with E-state index in [9.17, 15) is 4.79 Å². The molecule has 1 aliphatic heterocycles. The minimum absolute atomic E-state index is 0.0657. The summed E-state index contributed by atoms with van der Waals surface area (Å²) in [4.78, 5) is 22.5. The number of aromatic nitrogens is 6. The number of nitrogens with zero attached hydrogens (tertiary/aromatic N) is 6. The average Bonchev–Trinajstić information content (AvgIpc) is 3.33. The summed E-state index contributed by atoms with van der Waals surface area (Å²) in [6.45, 7) is 11.4. The van der Waals surface area contributed by atoms with E-state index in [1.807, 2.05) is 53.1 Å². The molecule has 0 unspecified atom stereocenters. The molecule has 1 aliphatic rings. The number of anilines is 1. The summed E-state index contributed by atoms with van der Waals surface area (Å²) < 4.78 is 9.71. The number of carbonyl (C=O) groups is 1. The van der Waals surface area contributed by atoms with E-state index in [2.05, 4.69) is 33.2 Å². The maximum Gasteiger partial charge on any atom is 0.230 e. The van der Waals surface area contributed by atoms with Gasteiger partial charge in [0.05, 0.1) is 22.4 Å². The molecule has 9 heteroatoms. The molecule has 0 saturated carbocycles. The second-order valence-corrected chi connectivity index (χ2v) is 10.6. The predicted molar refractivity (Wildman–Crippen MR) is 136 cm³/mol. The molecule has 0 aromatic carbocycles. The Balaban J connectivity index is 1.71. The van der Waals surface area contributed by atoms with Gasteiger partial charge in [-0.05, 0) is 50.8 Å². The zero-order chi connectivity index (χ0) is 24.9. The fourth-order valence-corrected chi connectivity index (χ4v) is 4.96. The number of ether oxygens (including phenoxy) is 1. The highest BCUT2D eigenvalue weighted by molar-refractivity contribution is 6.06. The van der Waals surface area contributed by atoms with Crippen LogP contribution in [0, 0.1) is 18.3 Å². The molecule has 5 heterocycles. The van der Waals surface area contributed by atoms with Crippen molar-refractivity contribution in [3.8, 4) is 11.3 Å². The van der Waals surface area contributed by atoms with E-state index in [-0.39, 0.29) is 11.9 Å². The fourth-order valence-electron chi connectivity index (χ4n) is 4.96. The highest BCUT2D eigenvalue weighted by Crippen LogP contribution is 2.37. The summed E-state index contributed by atoms with van der Waals surface area (Å²) in [5.41, 5.74) is 5.01. The number of amides is 1. The molecule has 0 bridgehead atoms. The Hall–Kier alpha value is -3.33. The Kier molecular flexibility index (Phi) is 5.83. The van der Waals surface area contributed by atoms with Crippen molar-refractivity contribution in [3.63, 3.8) is 0 Å². The van der Waals surface area contributed by atoms with Crippen molar-refractivity contribution in [2.24, 2.45) is 18.4 Å². The van der Waals surface area contributed by atoms with E-state index < -0.39 is 5.41 Å². The zero-order valence-electron chi connectivity index (χ0n) is 21.3. The highest BCUT2D eigenvalue weighted by atomic mass is 16.5. The van der Waals surface area contributed by atoms with Crippen LogP contribution >= 0.6 is 0 Å². The first kappa shape index (κ1) is 23.4. The van der Waals surface area contributed by atoms with Crippen molar-refractivity contribution >= 4 is 33.8 Å². The smallest absolute Gasteiger partial charge is 0.230 e.